The molecule has 0 bridgehead atoms. The van der Waals surface area contributed by atoms with E-state index >= 15 is 0 Å². The Morgan fingerprint density at radius 1 is 1.52 bits per heavy atom. The molecule has 1 unspecified atom stereocenters. The van der Waals surface area contributed by atoms with E-state index in [2.05, 4.69) is 18.8 Å². The molecule has 0 aliphatic carbocycles. The average molecular weight is 389 g/mol. The first-order valence-electron chi connectivity index (χ1n) is 8.58. The molecule has 0 aromatic carbocycles. The maximum absolute atomic E-state index is 12.8. The molecule has 8 heteroatoms. The number of carbonyl (C=O) groups is 1. The Hall–Kier alpha value is -0.830. The summed E-state index contributed by atoms with van der Waals surface area (Å²) in [7, 11) is -1.13. The van der Waals surface area contributed by atoms with Crippen LogP contribution in [0.5, 0.6) is 0 Å². The molecule has 142 valence electrons. The second-order valence-corrected chi connectivity index (χ2v) is 10.5. The van der Waals surface area contributed by atoms with Crippen molar-refractivity contribution in [2.75, 3.05) is 13.3 Å². The Bertz CT molecular complexity index is 624. The van der Waals surface area contributed by atoms with E-state index in [1.807, 2.05) is 25.1 Å². The number of hydrogen-bond donors (Lipinski definition) is 0. The topological polar surface area (TPSA) is 68.7 Å². The zero-order valence-electron chi connectivity index (χ0n) is 15.8. The number of hydrogen-bond acceptors (Lipinski definition) is 6. The molecule has 0 N–H and O–H groups in total. The Kier molecular flexibility index (Phi) is 6.75. The van der Waals surface area contributed by atoms with Gasteiger partial charge in [-0.05, 0) is 40.0 Å². The van der Waals surface area contributed by atoms with Crippen LogP contribution in [-0.4, -0.2) is 43.6 Å². The summed E-state index contributed by atoms with van der Waals surface area (Å²) in [6.07, 6.45) is 0.517. The van der Waals surface area contributed by atoms with Gasteiger partial charge in [0.2, 0.25) is 0 Å². The molecule has 1 aromatic heterocycles. The lowest BCUT2D eigenvalue weighted by atomic mass is 9.97. The van der Waals surface area contributed by atoms with Gasteiger partial charge in [-0.1, -0.05) is 13.8 Å². The minimum atomic E-state index is -1.13. The Balaban J connectivity index is 2.14. The summed E-state index contributed by atoms with van der Waals surface area (Å²) in [5.74, 6) is -0.0705. The van der Waals surface area contributed by atoms with Crippen molar-refractivity contribution in [2.24, 2.45) is 5.92 Å². The lowest BCUT2D eigenvalue weighted by Gasteiger charge is -2.42. The molecule has 2 heterocycles. The third-order valence-corrected chi connectivity index (χ3v) is 6.80. The Labute approximate surface area is 156 Å². The minimum absolute atomic E-state index is 0.133. The highest BCUT2D eigenvalue weighted by Crippen LogP contribution is 2.36. The quantitative estimate of drug-likeness (QED) is 0.722. The molecule has 1 aromatic rings. The number of carbonyl (C=O) groups excluding carboxylic acids is 1. The van der Waals surface area contributed by atoms with Gasteiger partial charge < -0.3 is 9.47 Å². The van der Waals surface area contributed by atoms with Gasteiger partial charge in [-0.2, -0.15) is 4.31 Å². The molecule has 3 atom stereocenters. The third-order valence-electron chi connectivity index (χ3n) is 4.02. The SMILES string of the molecule is CCOC(=O)c1csc([C@H]2C[C@H](C(C)C)N(S(=O)C(C)(C)C)CO2)n1. The predicted molar refractivity (Wildman–Crippen MR) is 99.7 cm³/mol. The van der Waals surface area contributed by atoms with Gasteiger partial charge in [-0.25, -0.2) is 14.0 Å². The molecule has 1 saturated heterocycles. The van der Waals surface area contributed by atoms with Crippen LogP contribution < -0.4 is 0 Å². The molecule has 0 spiro atoms. The Morgan fingerprint density at radius 3 is 2.76 bits per heavy atom. The molecular formula is C17H28N2O4S2. The van der Waals surface area contributed by atoms with Crippen LogP contribution in [0.15, 0.2) is 5.38 Å². The minimum Gasteiger partial charge on any atom is -0.461 e. The number of aromatic nitrogens is 1. The molecular weight excluding hydrogens is 360 g/mol. The molecule has 1 fully saturated rings. The zero-order chi connectivity index (χ0) is 18.8. The molecule has 6 nitrogen and oxygen atoms in total. The highest BCUT2D eigenvalue weighted by atomic mass is 32.2. The first-order chi connectivity index (χ1) is 11.6. The summed E-state index contributed by atoms with van der Waals surface area (Å²) < 4.78 is 25.4. The van der Waals surface area contributed by atoms with Crippen molar-refractivity contribution in [3.63, 3.8) is 0 Å². The van der Waals surface area contributed by atoms with E-state index in [4.69, 9.17) is 9.47 Å². The fourth-order valence-electron chi connectivity index (χ4n) is 2.70. The van der Waals surface area contributed by atoms with Crippen molar-refractivity contribution in [3.8, 4) is 0 Å². The van der Waals surface area contributed by atoms with E-state index in [0.717, 1.165) is 5.01 Å². The summed E-state index contributed by atoms with van der Waals surface area (Å²) in [6.45, 7) is 12.6. The van der Waals surface area contributed by atoms with Gasteiger partial charge in [0.1, 0.15) is 28.8 Å². The fraction of sp³-hybridized carbons (Fsp3) is 0.765. The van der Waals surface area contributed by atoms with Crippen LogP contribution in [0.25, 0.3) is 0 Å². The van der Waals surface area contributed by atoms with Gasteiger partial charge in [0, 0.05) is 11.4 Å². The fourth-order valence-corrected chi connectivity index (χ4v) is 4.98. The lowest BCUT2D eigenvalue weighted by molar-refractivity contribution is -0.0694. The van der Waals surface area contributed by atoms with Crippen LogP contribution in [0.1, 0.15) is 69.6 Å². The van der Waals surface area contributed by atoms with Crippen LogP contribution >= 0.6 is 11.3 Å². The van der Waals surface area contributed by atoms with Gasteiger partial charge in [-0.3, -0.25) is 0 Å². The van der Waals surface area contributed by atoms with Gasteiger partial charge >= 0.3 is 5.97 Å². The van der Waals surface area contributed by atoms with E-state index in [-0.39, 0.29) is 16.9 Å². The Morgan fingerprint density at radius 2 is 2.20 bits per heavy atom. The number of thiazole rings is 1. The molecule has 0 saturated carbocycles. The standard InChI is InChI=1S/C17H28N2O4S2/c1-7-22-16(20)12-9-24-15(18-12)14-8-13(11(2)3)19(10-23-14)25(21)17(4,5)6/h9,11,13-14H,7-8,10H2,1-6H3/t13-,14-,25?/m1/s1. The van der Waals surface area contributed by atoms with E-state index in [9.17, 15) is 9.00 Å². The normalized spacial score (nSPS) is 23.6. The van der Waals surface area contributed by atoms with E-state index in [1.165, 1.54) is 11.3 Å². The van der Waals surface area contributed by atoms with Crippen molar-refractivity contribution in [1.82, 2.24) is 9.29 Å². The molecule has 1 aliphatic heterocycles. The van der Waals surface area contributed by atoms with Crippen molar-refractivity contribution < 1.29 is 18.5 Å². The summed E-state index contributed by atoms with van der Waals surface area (Å²) in [5.41, 5.74) is 0.326. The summed E-state index contributed by atoms with van der Waals surface area (Å²) >= 11 is 1.41. The van der Waals surface area contributed by atoms with Crippen molar-refractivity contribution >= 4 is 28.3 Å². The number of esters is 1. The maximum Gasteiger partial charge on any atom is 0.357 e. The number of nitrogens with zero attached hydrogens (tertiary/aromatic N) is 2. The summed E-state index contributed by atoms with van der Waals surface area (Å²) in [6, 6.07) is 0.133. The number of ether oxygens (including phenoxy) is 2. The van der Waals surface area contributed by atoms with Gasteiger partial charge in [0.15, 0.2) is 5.69 Å². The van der Waals surface area contributed by atoms with Crippen molar-refractivity contribution in [3.05, 3.63) is 16.1 Å². The smallest absolute Gasteiger partial charge is 0.357 e. The molecule has 0 amide bonds. The largest absolute Gasteiger partial charge is 0.461 e. The van der Waals surface area contributed by atoms with Crippen molar-refractivity contribution in [1.29, 1.82) is 0 Å². The van der Waals surface area contributed by atoms with Crippen LogP contribution in [0.2, 0.25) is 0 Å². The lowest BCUT2D eigenvalue weighted by Crippen LogP contribution is -2.50. The molecule has 25 heavy (non-hydrogen) atoms. The van der Waals surface area contributed by atoms with Crippen LogP contribution in [0, 0.1) is 5.92 Å². The van der Waals surface area contributed by atoms with Crippen molar-refractivity contribution in [2.45, 2.75) is 64.9 Å². The van der Waals surface area contributed by atoms with E-state index in [1.54, 1.807) is 12.3 Å². The molecule has 1 aliphatic rings. The van der Waals surface area contributed by atoms with Crippen LogP contribution in [-0.2, 0) is 20.5 Å². The zero-order valence-corrected chi connectivity index (χ0v) is 17.4. The van der Waals surface area contributed by atoms with Gasteiger partial charge in [0.25, 0.3) is 0 Å². The van der Waals surface area contributed by atoms with E-state index < -0.39 is 17.0 Å². The van der Waals surface area contributed by atoms with Gasteiger partial charge in [-0.15, -0.1) is 11.3 Å². The summed E-state index contributed by atoms with van der Waals surface area (Å²) in [5, 5.41) is 2.48. The highest BCUT2D eigenvalue weighted by Gasteiger charge is 2.39. The van der Waals surface area contributed by atoms with E-state index in [0.29, 0.717) is 31.4 Å². The second kappa shape index (κ2) is 8.24. The second-order valence-electron chi connectivity index (χ2n) is 7.40. The van der Waals surface area contributed by atoms with Crippen LogP contribution in [0.4, 0.5) is 0 Å². The average Bonchev–Trinajstić information content (AvgIpc) is 3.03. The first kappa shape index (κ1) is 20.5. The third kappa shape index (κ3) is 4.87. The predicted octanol–water partition coefficient (Wildman–Crippen LogP) is 3.53. The maximum atomic E-state index is 12.8. The highest BCUT2D eigenvalue weighted by molar-refractivity contribution is 7.84. The molecule has 0 radical (unpaired) electrons. The van der Waals surface area contributed by atoms with Gasteiger partial charge in [0.05, 0.1) is 11.4 Å². The van der Waals surface area contributed by atoms with Crippen LogP contribution in [0.3, 0.4) is 0 Å². The number of rotatable bonds is 5. The first-order valence-corrected chi connectivity index (χ1v) is 10.6. The summed E-state index contributed by atoms with van der Waals surface area (Å²) in [4.78, 5) is 16.2. The molecule has 2 rings (SSSR count). The monoisotopic (exact) mass is 388 g/mol.